The third-order valence-corrected chi connectivity index (χ3v) is 3.40. The first-order valence-electron chi connectivity index (χ1n) is 8.09. The van der Waals surface area contributed by atoms with Gasteiger partial charge in [-0.25, -0.2) is 0 Å². The van der Waals surface area contributed by atoms with Gasteiger partial charge in [0.2, 0.25) is 5.91 Å². The normalized spacial score (nSPS) is 13.7. The molecule has 23 heavy (non-hydrogen) atoms. The number of carbonyl (C=O) groups is 1. The van der Waals surface area contributed by atoms with Crippen LogP contribution in [-0.2, 0) is 4.79 Å². The molecule has 0 aromatic rings. The average Bonchev–Trinajstić information content (AvgIpc) is 2.53. The molecule has 0 fully saturated rings. The van der Waals surface area contributed by atoms with E-state index in [-0.39, 0.29) is 5.91 Å². The van der Waals surface area contributed by atoms with Crippen molar-refractivity contribution in [3.05, 3.63) is 60.3 Å². The van der Waals surface area contributed by atoms with Gasteiger partial charge >= 0.3 is 0 Å². The van der Waals surface area contributed by atoms with E-state index in [0.717, 1.165) is 36.0 Å². The zero-order valence-corrected chi connectivity index (χ0v) is 14.7. The van der Waals surface area contributed by atoms with Crippen LogP contribution in [0, 0.1) is 11.3 Å². The Hall–Kier alpha value is -2.16. The van der Waals surface area contributed by atoms with Crippen LogP contribution < -0.4 is 5.32 Å². The minimum Gasteiger partial charge on any atom is -0.355 e. The minimum atomic E-state index is -0.550. The summed E-state index contributed by atoms with van der Waals surface area (Å²) < 4.78 is 0. The van der Waals surface area contributed by atoms with E-state index in [0.29, 0.717) is 6.54 Å². The predicted octanol–water partition coefficient (Wildman–Crippen LogP) is 4.75. The molecule has 0 rings (SSSR count). The van der Waals surface area contributed by atoms with Crippen LogP contribution in [0.5, 0.6) is 0 Å². The second kappa shape index (κ2) is 12.4. The number of hydrogen-bond donors (Lipinski definition) is 2. The van der Waals surface area contributed by atoms with Gasteiger partial charge in [0.1, 0.15) is 0 Å². The van der Waals surface area contributed by atoms with Crippen LogP contribution >= 0.6 is 0 Å². The molecule has 1 atom stereocenters. The van der Waals surface area contributed by atoms with Gasteiger partial charge in [0.15, 0.2) is 0 Å². The van der Waals surface area contributed by atoms with Crippen molar-refractivity contribution < 1.29 is 4.79 Å². The molecule has 1 unspecified atom stereocenters. The number of hydrogen-bond acceptors (Lipinski definition) is 2. The summed E-state index contributed by atoms with van der Waals surface area (Å²) in [4.78, 5) is 12.1. The van der Waals surface area contributed by atoms with Gasteiger partial charge in [-0.05, 0) is 31.4 Å². The Labute approximate surface area is 141 Å². The molecule has 1 amide bonds. The summed E-state index contributed by atoms with van der Waals surface area (Å²) in [6, 6.07) is 0. The molecule has 0 radical (unpaired) electrons. The quantitative estimate of drug-likeness (QED) is 0.323. The lowest BCUT2D eigenvalue weighted by molar-refractivity contribution is -0.121. The average molecular weight is 314 g/mol. The van der Waals surface area contributed by atoms with Crippen LogP contribution in [0.25, 0.3) is 0 Å². The highest BCUT2D eigenvalue weighted by atomic mass is 16.1. The maximum Gasteiger partial charge on any atom is 0.232 e. The molecule has 0 aliphatic rings. The van der Waals surface area contributed by atoms with Crippen LogP contribution in [0.15, 0.2) is 60.3 Å². The Kier molecular flexibility index (Phi) is 11.2. The van der Waals surface area contributed by atoms with Crippen molar-refractivity contribution in [1.82, 2.24) is 5.32 Å². The SMILES string of the molecule is C=C/C=C\C(C)=C/C(=C)/C(C)=C/C(C=N)C(=O)NCCCCC. The standard InChI is InChI=1S/C20H30N2O/c1-6-8-10-12-22-20(23)19(15-21)14-18(5)17(4)13-16(3)11-9-7-2/h7,9,11,13-15,19,21H,2,4,6,8,10,12H2,1,3,5H3,(H,22,23)/b11-9-,16-13-,18-14+,21-15?. The summed E-state index contributed by atoms with van der Waals surface area (Å²) in [5.74, 6) is -0.679. The lowest BCUT2D eigenvalue weighted by Crippen LogP contribution is -2.31. The van der Waals surface area contributed by atoms with E-state index >= 15 is 0 Å². The number of nitrogens with one attached hydrogen (secondary N) is 2. The van der Waals surface area contributed by atoms with Crippen molar-refractivity contribution in [1.29, 1.82) is 5.41 Å². The fraction of sp³-hybridized carbons (Fsp3) is 0.400. The molecule has 0 spiro atoms. The van der Waals surface area contributed by atoms with Crippen molar-refractivity contribution >= 4 is 12.1 Å². The number of unbranched alkanes of at least 4 members (excludes halogenated alkanes) is 2. The zero-order valence-electron chi connectivity index (χ0n) is 14.7. The van der Waals surface area contributed by atoms with Gasteiger partial charge < -0.3 is 10.7 Å². The van der Waals surface area contributed by atoms with Gasteiger partial charge in [0, 0.05) is 12.8 Å². The first kappa shape index (κ1) is 20.8. The van der Waals surface area contributed by atoms with E-state index in [9.17, 15) is 4.79 Å². The van der Waals surface area contributed by atoms with Gasteiger partial charge in [-0.1, -0.05) is 68.9 Å². The summed E-state index contributed by atoms with van der Waals surface area (Å²) >= 11 is 0. The van der Waals surface area contributed by atoms with Crippen LogP contribution in [0.4, 0.5) is 0 Å². The van der Waals surface area contributed by atoms with E-state index in [2.05, 4.69) is 25.4 Å². The number of allylic oxidation sites excluding steroid dienone is 7. The molecule has 3 nitrogen and oxygen atoms in total. The van der Waals surface area contributed by atoms with Crippen molar-refractivity contribution in [2.45, 2.75) is 40.0 Å². The van der Waals surface area contributed by atoms with Gasteiger partial charge in [0.25, 0.3) is 0 Å². The van der Waals surface area contributed by atoms with E-state index in [4.69, 9.17) is 5.41 Å². The van der Waals surface area contributed by atoms with Crippen molar-refractivity contribution in [2.75, 3.05) is 6.54 Å². The second-order valence-corrected chi connectivity index (χ2v) is 5.55. The molecule has 0 bridgehead atoms. The first-order chi connectivity index (χ1) is 11.0. The largest absolute Gasteiger partial charge is 0.355 e. The maximum atomic E-state index is 12.1. The lowest BCUT2D eigenvalue weighted by Gasteiger charge is -2.10. The Morgan fingerprint density at radius 3 is 2.57 bits per heavy atom. The molecule has 0 heterocycles. The molecule has 2 N–H and O–H groups in total. The molecule has 0 aliphatic heterocycles. The van der Waals surface area contributed by atoms with E-state index in [1.165, 1.54) is 6.21 Å². The fourth-order valence-electron chi connectivity index (χ4n) is 1.94. The van der Waals surface area contributed by atoms with Crippen molar-refractivity contribution in [3.63, 3.8) is 0 Å². The molecule has 0 aromatic carbocycles. The summed E-state index contributed by atoms with van der Waals surface area (Å²) in [5.41, 5.74) is 2.79. The third kappa shape index (κ3) is 9.46. The molecular weight excluding hydrogens is 284 g/mol. The lowest BCUT2D eigenvalue weighted by atomic mass is 10.0. The molecule has 126 valence electrons. The van der Waals surface area contributed by atoms with E-state index in [1.54, 1.807) is 12.2 Å². The number of carbonyl (C=O) groups excluding carboxylic acids is 1. The highest BCUT2D eigenvalue weighted by molar-refractivity contribution is 5.94. The van der Waals surface area contributed by atoms with Gasteiger partial charge in [-0.15, -0.1) is 0 Å². The zero-order chi connectivity index (χ0) is 17.7. The Morgan fingerprint density at radius 1 is 1.30 bits per heavy atom. The van der Waals surface area contributed by atoms with E-state index in [1.807, 2.05) is 32.1 Å². The van der Waals surface area contributed by atoms with Crippen LogP contribution in [0.1, 0.15) is 40.0 Å². The number of rotatable bonds is 11. The Bertz CT molecular complexity index is 510. The molecule has 0 saturated heterocycles. The predicted molar refractivity (Wildman–Crippen MR) is 101 cm³/mol. The van der Waals surface area contributed by atoms with Crippen molar-refractivity contribution in [3.8, 4) is 0 Å². The highest BCUT2D eigenvalue weighted by Crippen LogP contribution is 2.14. The van der Waals surface area contributed by atoms with Crippen LogP contribution in [0.2, 0.25) is 0 Å². The molecule has 0 aromatic heterocycles. The fourth-order valence-corrected chi connectivity index (χ4v) is 1.94. The Balaban J connectivity index is 4.78. The molecule has 3 heteroatoms. The van der Waals surface area contributed by atoms with E-state index < -0.39 is 5.92 Å². The molecule has 0 aliphatic carbocycles. The summed E-state index contributed by atoms with van der Waals surface area (Å²) in [5, 5.41) is 10.4. The maximum absolute atomic E-state index is 12.1. The summed E-state index contributed by atoms with van der Waals surface area (Å²) in [6.07, 6.45) is 13.6. The monoisotopic (exact) mass is 314 g/mol. The smallest absolute Gasteiger partial charge is 0.232 e. The number of amides is 1. The highest BCUT2D eigenvalue weighted by Gasteiger charge is 2.13. The van der Waals surface area contributed by atoms with Gasteiger partial charge in [0.05, 0.1) is 5.92 Å². The van der Waals surface area contributed by atoms with Crippen LogP contribution in [0.3, 0.4) is 0 Å². The topological polar surface area (TPSA) is 53.0 Å². The van der Waals surface area contributed by atoms with Gasteiger partial charge in [-0.2, -0.15) is 0 Å². The Morgan fingerprint density at radius 2 is 2.00 bits per heavy atom. The summed E-state index contributed by atoms with van der Waals surface area (Å²) in [7, 11) is 0. The summed E-state index contributed by atoms with van der Waals surface area (Å²) in [6.45, 7) is 14.3. The van der Waals surface area contributed by atoms with Crippen molar-refractivity contribution in [2.24, 2.45) is 5.92 Å². The molecular formula is C20H30N2O. The van der Waals surface area contributed by atoms with Gasteiger partial charge in [-0.3, -0.25) is 4.79 Å². The first-order valence-corrected chi connectivity index (χ1v) is 8.09. The van der Waals surface area contributed by atoms with Crippen LogP contribution in [-0.4, -0.2) is 18.7 Å². The second-order valence-electron chi connectivity index (χ2n) is 5.55. The minimum absolute atomic E-state index is 0.129. The third-order valence-electron chi connectivity index (χ3n) is 3.40. The molecule has 0 saturated carbocycles.